The maximum atomic E-state index is 5.85. The summed E-state index contributed by atoms with van der Waals surface area (Å²) in [4.78, 5) is 3.97. The van der Waals surface area contributed by atoms with Gasteiger partial charge >= 0.3 is 0 Å². The predicted octanol–water partition coefficient (Wildman–Crippen LogP) is 2.45. The van der Waals surface area contributed by atoms with Crippen LogP contribution >= 0.6 is 23.6 Å². The second kappa shape index (κ2) is 5.71. The quantitative estimate of drug-likeness (QED) is 0.861. The van der Waals surface area contributed by atoms with Gasteiger partial charge in [0.15, 0.2) is 0 Å². The number of anilines is 1. The van der Waals surface area contributed by atoms with E-state index in [4.69, 9.17) is 18.0 Å². The monoisotopic (exact) mass is 294 g/mol. The molecule has 0 aliphatic carbocycles. The Morgan fingerprint density at radius 2 is 2.32 bits per heavy atom. The van der Waals surface area contributed by atoms with Crippen molar-refractivity contribution in [3.63, 3.8) is 0 Å². The van der Waals surface area contributed by atoms with Crippen LogP contribution in [-0.2, 0) is 13.6 Å². The molecule has 0 aliphatic heterocycles. The molecular formula is C13H18N4S2. The molecule has 0 atom stereocenters. The Hall–Kier alpha value is -1.40. The lowest BCUT2D eigenvalue weighted by atomic mass is 10.2. The maximum absolute atomic E-state index is 5.85. The zero-order chi connectivity index (χ0) is 14.0. The topological polar surface area (TPSA) is 47.1 Å². The highest BCUT2D eigenvalue weighted by molar-refractivity contribution is 7.80. The van der Waals surface area contributed by atoms with Gasteiger partial charge in [0.05, 0.1) is 17.8 Å². The molecule has 6 heteroatoms. The van der Waals surface area contributed by atoms with Gasteiger partial charge in [-0.1, -0.05) is 18.3 Å². The highest BCUT2D eigenvalue weighted by Crippen LogP contribution is 2.25. The first-order valence-corrected chi connectivity index (χ1v) is 7.44. The number of hydrogen-bond donors (Lipinski definition) is 1. The van der Waals surface area contributed by atoms with E-state index in [-0.39, 0.29) is 0 Å². The summed E-state index contributed by atoms with van der Waals surface area (Å²) in [6.45, 7) is 5.80. The minimum atomic E-state index is 0.408. The van der Waals surface area contributed by atoms with E-state index in [1.165, 1.54) is 4.88 Å². The molecule has 0 aromatic carbocycles. The molecule has 2 heterocycles. The van der Waals surface area contributed by atoms with Crippen LogP contribution in [0.1, 0.15) is 23.1 Å². The summed E-state index contributed by atoms with van der Waals surface area (Å²) in [5, 5.41) is 6.53. The fourth-order valence-corrected chi connectivity index (χ4v) is 3.18. The van der Waals surface area contributed by atoms with Crippen molar-refractivity contribution < 1.29 is 0 Å². The molecule has 0 fully saturated rings. The lowest BCUT2D eigenvalue weighted by Gasteiger charge is -2.23. The molecule has 0 radical (unpaired) electrons. The molecule has 0 spiro atoms. The lowest BCUT2D eigenvalue weighted by molar-refractivity contribution is 0.708. The molecule has 4 nitrogen and oxygen atoms in total. The van der Waals surface area contributed by atoms with E-state index in [0.29, 0.717) is 4.99 Å². The van der Waals surface area contributed by atoms with Crippen molar-refractivity contribution in [2.24, 2.45) is 12.8 Å². The first-order chi connectivity index (χ1) is 9.04. The summed E-state index contributed by atoms with van der Waals surface area (Å²) in [5.41, 5.74) is 7.62. The van der Waals surface area contributed by atoms with Gasteiger partial charge in [0.25, 0.3) is 0 Å². The number of hydrogen-bond acceptors (Lipinski definition) is 4. The largest absolute Gasteiger partial charge is 0.389 e. The summed E-state index contributed by atoms with van der Waals surface area (Å²) in [7, 11) is 1.93. The first kappa shape index (κ1) is 14.0. The normalized spacial score (nSPS) is 10.7. The second-order valence-electron chi connectivity index (χ2n) is 4.37. The van der Waals surface area contributed by atoms with Gasteiger partial charge in [-0.25, -0.2) is 0 Å². The fraction of sp³-hybridized carbons (Fsp3) is 0.385. The number of thiocarbonyl (C=S) groups is 1. The first-order valence-electron chi connectivity index (χ1n) is 6.15. The van der Waals surface area contributed by atoms with Gasteiger partial charge in [-0.2, -0.15) is 5.10 Å². The van der Waals surface area contributed by atoms with E-state index in [9.17, 15) is 0 Å². The summed E-state index contributed by atoms with van der Waals surface area (Å²) < 4.78 is 1.86. The van der Waals surface area contributed by atoms with Crippen molar-refractivity contribution in [1.29, 1.82) is 0 Å². The van der Waals surface area contributed by atoms with E-state index in [1.807, 2.05) is 18.7 Å². The van der Waals surface area contributed by atoms with Crippen LogP contribution in [0.2, 0.25) is 0 Å². The Labute approximate surface area is 122 Å². The summed E-state index contributed by atoms with van der Waals surface area (Å²) >= 11 is 6.92. The summed E-state index contributed by atoms with van der Waals surface area (Å²) in [6.07, 6.45) is 0. The Balaban J connectivity index is 2.40. The summed E-state index contributed by atoms with van der Waals surface area (Å²) in [5.74, 6) is 1.00. The molecule has 2 N–H and O–H groups in total. The molecule has 2 rings (SSSR count). The lowest BCUT2D eigenvalue weighted by Crippen LogP contribution is -2.27. The fourth-order valence-electron chi connectivity index (χ4n) is 2.22. The molecule has 102 valence electrons. The van der Waals surface area contributed by atoms with Gasteiger partial charge in [-0.15, -0.1) is 11.3 Å². The molecule has 0 unspecified atom stereocenters. The van der Waals surface area contributed by atoms with Crippen LogP contribution in [0.5, 0.6) is 0 Å². The molecule has 0 amide bonds. The van der Waals surface area contributed by atoms with E-state index in [2.05, 4.69) is 34.4 Å². The van der Waals surface area contributed by atoms with Gasteiger partial charge in [-0.05, 0) is 25.3 Å². The van der Waals surface area contributed by atoms with E-state index in [0.717, 1.165) is 30.2 Å². The van der Waals surface area contributed by atoms with Gasteiger partial charge in [-0.3, -0.25) is 4.68 Å². The number of nitrogens with zero attached hydrogens (tertiary/aromatic N) is 3. The van der Waals surface area contributed by atoms with Crippen molar-refractivity contribution in [2.75, 3.05) is 11.4 Å². The van der Waals surface area contributed by atoms with Crippen LogP contribution in [0.25, 0.3) is 0 Å². The van der Waals surface area contributed by atoms with E-state index < -0.39 is 0 Å². The third-order valence-corrected chi connectivity index (χ3v) is 4.11. The van der Waals surface area contributed by atoms with Crippen LogP contribution in [0.3, 0.4) is 0 Å². The number of aryl methyl sites for hydroxylation is 2. The zero-order valence-corrected chi connectivity index (χ0v) is 13.0. The SMILES string of the molecule is CCN(Cc1cccs1)c1c(C(N)=S)c(C)nn1C. The van der Waals surface area contributed by atoms with Crippen molar-refractivity contribution in [3.05, 3.63) is 33.6 Å². The number of nitrogens with two attached hydrogens (primary N) is 1. The van der Waals surface area contributed by atoms with Crippen LogP contribution in [0.4, 0.5) is 5.82 Å². The molecule has 0 saturated carbocycles. The Bertz CT molecular complexity index is 572. The van der Waals surface area contributed by atoms with Gasteiger partial charge in [0.2, 0.25) is 0 Å². The van der Waals surface area contributed by atoms with Crippen LogP contribution in [0.15, 0.2) is 17.5 Å². The molecule has 0 aliphatic rings. The van der Waals surface area contributed by atoms with Crippen molar-refractivity contribution in [2.45, 2.75) is 20.4 Å². The standard InChI is InChI=1S/C13H18N4S2/c1-4-17(8-10-6-5-7-19-10)13-11(12(14)18)9(2)15-16(13)3/h5-7H,4,8H2,1-3H3,(H2,14,18). The molecular weight excluding hydrogens is 276 g/mol. The highest BCUT2D eigenvalue weighted by atomic mass is 32.1. The second-order valence-corrected chi connectivity index (χ2v) is 5.84. The zero-order valence-electron chi connectivity index (χ0n) is 11.4. The number of rotatable bonds is 5. The number of aromatic nitrogens is 2. The van der Waals surface area contributed by atoms with E-state index in [1.54, 1.807) is 11.3 Å². The Morgan fingerprint density at radius 1 is 1.58 bits per heavy atom. The van der Waals surface area contributed by atoms with Gasteiger partial charge in [0.1, 0.15) is 10.8 Å². The molecule has 0 saturated heterocycles. The Kier molecular flexibility index (Phi) is 4.21. The van der Waals surface area contributed by atoms with Crippen molar-refractivity contribution in [3.8, 4) is 0 Å². The third-order valence-electron chi connectivity index (χ3n) is 3.05. The van der Waals surface area contributed by atoms with Crippen LogP contribution < -0.4 is 10.6 Å². The minimum Gasteiger partial charge on any atom is -0.389 e. The third kappa shape index (κ3) is 2.79. The predicted molar refractivity (Wildman–Crippen MR) is 84.9 cm³/mol. The van der Waals surface area contributed by atoms with E-state index >= 15 is 0 Å². The van der Waals surface area contributed by atoms with Crippen LogP contribution in [0, 0.1) is 6.92 Å². The van der Waals surface area contributed by atoms with Crippen LogP contribution in [-0.4, -0.2) is 21.3 Å². The average molecular weight is 294 g/mol. The van der Waals surface area contributed by atoms with Gasteiger partial charge < -0.3 is 10.6 Å². The smallest absolute Gasteiger partial charge is 0.137 e. The average Bonchev–Trinajstić information content (AvgIpc) is 2.93. The molecule has 19 heavy (non-hydrogen) atoms. The highest BCUT2D eigenvalue weighted by Gasteiger charge is 2.20. The molecule has 2 aromatic rings. The molecule has 2 aromatic heterocycles. The molecule has 0 bridgehead atoms. The maximum Gasteiger partial charge on any atom is 0.137 e. The minimum absolute atomic E-state index is 0.408. The van der Waals surface area contributed by atoms with Gasteiger partial charge in [0, 0.05) is 18.5 Å². The Morgan fingerprint density at radius 3 is 2.84 bits per heavy atom. The van der Waals surface area contributed by atoms with Crippen molar-refractivity contribution in [1.82, 2.24) is 9.78 Å². The number of thiophene rings is 1. The summed E-state index contributed by atoms with van der Waals surface area (Å²) in [6, 6.07) is 4.20. The van der Waals surface area contributed by atoms with Crippen molar-refractivity contribution >= 4 is 34.4 Å².